The van der Waals surface area contributed by atoms with Crippen molar-refractivity contribution in [2.45, 2.75) is 12.8 Å². The number of halogens is 1. The Morgan fingerprint density at radius 1 is 0.806 bits per heavy atom. The van der Waals surface area contributed by atoms with Crippen LogP contribution in [-0.4, -0.2) is 41.3 Å². The summed E-state index contributed by atoms with van der Waals surface area (Å²) >= 11 is 0. The van der Waals surface area contributed by atoms with E-state index in [9.17, 15) is 9.18 Å². The van der Waals surface area contributed by atoms with Gasteiger partial charge in [0, 0.05) is 17.8 Å². The number of allylic oxidation sites excluding steroid dienone is 1. The first-order valence-corrected chi connectivity index (χ1v) is 11.2. The van der Waals surface area contributed by atoms with Crippen molar-refractivity contribution in [2.75, 3.05) is 40.9 Å². The molecule has 8 heteroatoms. The van der Waals surface area contributed by atoms with Gasteiger partial charge in [-0.15, -0.1) is 0 Å². The zero-order valence-corrected chi connectivity index (χ0v) is 21.0. The number of hydrogen-bond acceptors (Lipinski definition) is 7. The zero-order valence-electron chi connectivity index (χ0n) is 21.0. The average Bonchev–Trinajstić information content (AvgIpc) is 2.90. The topological polar surface area (TPSA) is 75.3 Å². The summed E-state index contributed by atoms with van der Waals surface area (Å²) in [6, 6.07) is 13.8. The van der Waals surface area contributed by atoms with Crippen LogP contribution in [0.3, 0.4) is 0 Å². The van der Waals surface area contributed by atoms with Crippen LogP contribution in [0.2, 0.25) is 0 Å². The maximum absolute atomic E-state index is 14.8. The molecule has 0 aliphatic carbocycles. The van der Waals surface area contributed by atoms with Crippen LogP contribution < -0.4 is 29.0 Å². The molecule has 0 unspecified atom stereocenters. The third kappa shape index (κ3) is 6.27. The van der Waals surface area contributed by atoms with Crippen molar-refractivity contribution in [2.24, 2.45) is 0 Å². The molecule has 0 radical (unpaired) electrons. The fraction of sp³-hybridized carbons (Fsp3) is 0.250. The van der Waals surface area contributed by atoms with E-state index < -0.39 is 5.82 Å². The SMILES string of the molecule is COc1cccc(C(=O)/C=C\Nc2cc(CCc3cc(OC)c(OC)c(OC)c3)cc(F)c2OC)c1. The van der Waals surface area contributed by atoms with Crippen molar-refractivity contribution in [1.29, 1.82) is 0 Å². The molecule has 190 valence electrons. The van der Waals surface area contributed by atoms with Gasteiger partial charge < -0.3 is 29.0 Å². The van der Waals surface area contributed by atoms with E-state index in [1.54, 1.807) is 51.7 Å². The summed E-state index contributed by atoms with van der Waals surface area (Å²) in [6.45, 7) is 0. The van der Waals surface area contributed by atoms with Crippen LogP contribution in [0.1, 0.15) is 21.5 Å². The van der Waals surface area contributed by atoms with Gasteiger partial charge in [-0.3, -0.25) is 4.79 Å². The Hall–Kier alpha value is -4.20. The smallest absolute Gasteiger partial charge is 0.203 e. The molecule has 3 aromatic carbocycles. The highest BCUT2D eigenvalue weighted by molar-refractivity contribution is 6.04. The molecule has 0 amide bonds. The molecule has 0 spiro atoms. The second kappa shape index (κ2) is 12.5. The maximum Gasteiger partial charge on any atom is 0.203 e. The van der Waals surface area contributed by atoms with E-state index in [4.69, 9.17) is 23.7 Å². The summed E-state index contributed by atoms with van der Waals surface area (Å²) in [6.07, 6.45) is 3.98. The second-order valence-corrected chi connectivity index (χ2v) is 7.77. The van der Waals surface area contributed by atoms with Gasteiger partial charge in [-0.25, -0.2) is 4.39 Å². The Kier molecular flexibility index (Phi) is 9.16. The molecule has 7 nitrogen and oxygen atoms in total. The predicted molar refractivity (Wildman–Crippen MR) is 137 cm³/mol. The molecule has 0 saturated carbocycles. The Morgan fingerprint density at radius 3 is 2.03 bits per heavy atom. The molecule has 0 aliphatic rings. The summed E-state index contributed by atoms with van der Waals surface area (Å²) in [5.41, 5.74) is 2.58. The van der Waals surface area contributed by atoms with Gasteiger partial charge in [-0.2, -0.15) is 0 Å². The lowest BCUT2D eigenvalue weighted by Gasteiger charge is -2.15. The molecule has 0 fully saturated rings. The van der Waals surface area contributed by atoms with Gasteiger partial charge in [0.05, 0.1) is 41.2 Å². The van der Waals surface area contributed by atoms with Gasteiger partial charge >= 0.3 is 0 Å². The summed E-state index contributed by atoms with van der Waals surface area (Å²) in [4.78, 5) is 12.5. The third-order valence-electron chi connectivity index (χ3n) is 5.56. The highest BCUT2D eigenvalue weighted by Crippen LogP contribution is 2.38. The molecule has 0 bridgehead atoms. The van der Waals surface area contributed by atoms with Crippen LogP contribution >= 0.6 is 0 Å². The number of carbonyl (C=O) groups excluding carboxylic acids is 1. The number of carbonyl (C=O) groups is 1. The van der Waals surface area contributed by atoms with Gasteiger partial charge in [0.2, 0.25) is 5.75 Å². The van der Waals surface area contributed by atoms with Gasteiger partial charge in [0.25, 0.3) is 0 Å². The average molecular weight is 496 g/mol. The number of ketones is 1. The number of aryl methyl sites for hydroxylation is 2. The van der Waals surface area contributed by atoms with Crippen molar-refractivity contribution in [3.63, 3.8) is 0 Å². The lowest BCUT2D eigenvalue weighted by Crippen LogP contribution is -2.02. The minimum Gasteiger partial charge on any atom is -0.497 e. The fourth-order valence-corrected chi connectivity index (χ4v) is 3.76. The monoisotopic (exact) mass is 495 g/mol. The fourth-order valence-electron chi connectivity index (χ4n) is 3.76. The molecular weight excluding hydrogens is 465 g/mol. The second-order valence-electron chi connectivity index (χ2n) is 7.77. The van der Waals surface area contributed by atoms with E-state index in [1.165, 1.54) is 32.6 Å². The predicted octanol–water partition coefficient (Wildman–Crippen LogP) is 5.46. The number of anilines is 1. The zero-order chi connectivity index (χ0) is 26.1. The molecular formula is C28H30FNO6. The van der Waals surface area contributed by atoms with Gasteiger partial charge in [0.15, 0.2) is 28.8 Å². The highest BCUT2D eigenvalue weighted by atomic mass is 19.1. The molecule has 0 saturated heterocycles. The summed E-state index contributed by atoms with van der Waals surface area (Å²) < 4.78 is 41.4. The maximum atomic E-state index is 14.8. The minimum atomic E-state index is -0.505. The highest BCUT2D eigenvalue weighted by Gasteiger charge is 2.15. The normalized spacial score (nSPS) is 10.7. The summed E-state index contributed by atoms with van der Waals surface area (Å²) in [7, 11) is 7.60. The minimum absolute atomic E-state index is 0.0602. The molecule has 0 aromatic heterocycles. The van der Waals surface area contributed by atoms with Crippen molar-refractivity contribution >= 4 is 11.5 Å². The van der Waals surface area contributed by atoms with E-state index >= 15 is 0 Å². The van der Waals surface area contributed by atoms with Crippen LogP contribution in [0, 0.1) is 5.82 Å². The Labute approximate surface area is 210 Å². The van der Waals surface area contributed by atoms with Gasteiger partial charge in [0.1, 0.15) is 5.75 Å². The van der Waals surface area contributed by atoms with Crippen molar-refractivity contribution in [3.05, 3.63) is 83.3 Å². The number of nitrogens with one attached hydrogen (secondary N) is 1. The molecule has 3 aromatic rings. The molecule has 3 rings (SSSR count). The quantitative estimate of drug-likeness (QED) is 0.264. The standard InChI is InChI=1S/C28H30FNO6/c1-32-21-8-6-7-20(17-21)24(31)11-12-30-23-14-18(13-22(29)27(23)35-4)9-10-19-15-25(33-2)28(36-5)26(16-19)34-3/h6-8,11-17,30H,9-10H2,1-5H3/b12-11-. The van der Waals surface area contributed by atoms with E-state index in [-0.39, 0.29) is 11.5 Å². The molecule has 0 atom stereocenters. The molecule has 1 N–H and O–H groups in total. The largest absolute Gasteiger partial charge is 0.497 e. The summed E-state index contributed by atoms with van der Waals surface area (Å²) in [5.74, 6) is 1.55. The van der Waals surface area contributed by atoms with Crippen molar-refractivity contribution in [1.82, 2.24) is 0 Å². The van der Waals surface area contributed by atoms with Crippen LogP contribution in [0.4, 0.5) is 10.1 Å². The van der Waals surface area contributed by atoms with Gasteiger partial charge in [-0.05, 0) is 60.4 Å². The van der Waals surface area contributed by atoms with Crippen LogP contribution in [0.5, 0.6) is 28.7 Å². The third-order valence-corrected chi connectivity index (χ3v) is 5.56. The Morgan fingerprint density at radius 2 is 1.44 bits per heavy atom. The first-order valence-electron chi connectivity index (χ1n) is 11.2. The lowest BCUT2D eigenvalue weighted by atomic mass is 10.0. The molecule has 0 heterocycles. The lowest BCUT2D eigenvalue weighted by molar-refractivity contribution is 0.104. The number of methoxy groups -OCH3 is 5. The first kappa shape index (κ1) is 26.4. The Balaban J connectivity index is 1.77. The van der Waals surface area contributed by atoms with E-state index in [1.807, 2.05) is 12.1 Å². The van der Waals surface area contributed by atoms with E-state index in [0.717, 1.165) is 11.1 Å². The molecule has 0 aliphatic heterocycles. The summed E-state index contributed by atoms with van der Waals surface area (Å²) in [5, 5.41) is 2.97. The Bertz CT molecular complexity index is 1220. The van der Waals surface area contributed by atoms with Crippen LogP contribution in [0.15, 0.2) is 60.8 Å². The number of rotatable bonds is 12. The van der Waals surface area contributed by atoms with Crippen molar-refractivity contribution in [3.8, 4) is 28.7 Å². The number of hydrogen-bond donors (Lipinski definition) is 1. The number of benzene rings is 3. The van der Waals surface area contributed by atoms with Crippen LogP contribution in [0.25, 0.3) is 0 Å². The molecule has 36 heavy (non-hydrogen) atoms. The first-order chi connectivity index (χ1) is 17.4. The van der Waals surface area contributed by atoms with Gasteiger partial charge in [-0.1, -0.05) is 12.1 Å². The van der Waals surface area contributed by atoms with E-state index in [0.29, 0.717) is 47.1 Å². The van der Waals surface area contributed by atoms with E-state index in [2.05, 4.69) is 5.32 Å². The van der Waals surface area contributed by atoms with Crippen LogP contribution in [-0.2, 0) is 12.8 Å². The number of ether oxygens (including phenoxy) is 5. The van der Waals surface area contributed by atoms with Crippen molar-refractivity contribution < 1.29 is 32.9 Å².